The summed E-state index contributed by atoms with van der Waals surface area (Å²) in [5.74, 6) is 0.485. The molecule has 0 saturated carbocycles. The molecule has 1 N–H and O–H groups in total. The van der Waals surface area contributed by atoms with Gasteiger partial charge in [-0.2, -0.15) is 5.10 Å². The van der Waals surface area contributed by atoms with Crippen molar-refractivity contribution in [3.63, 3.8) is 0 Å². The molecular formula is C13H24N4O3. The Kier molecular flexibility index (Phi) is 5.10. The third-order valence-corrected chi connectivity index (χ3v) is 2.95. The second-order valence-electron chi connectivity index (χ2n) is 5.56. The molecule has 0 aliphatic heterocycles. The van der Waals surface area contributed by atoms with Crippen molar-refractivity contribution >= 4 is 11.5 Å². The van der Waals surface area contributed by atoms with E-state index in [1.807, 2.05) is 18.7 Å². The Morgan fingerprint density at radius 2 is 2.05 bits per heavy atom. The van der Waals surface area contributed by atoms with Crippen LogP contribution in [0, 0.1) is 17.0 Å². The van der Waals surface area contributed by atoms with Crippen molar-refractivity contribution in [3.05, 3.63) is 15.8 Å². The maximum Gasteiger partial charge on any atom is 0.333 e. The predicted molar refractivity (Wildman–Crippen MR) is 78.1 cm³/mol. The first-order valence-electron chi connectivity index (χ1n) is 6.90. The third kappa shape index (κ3) is 3.69. The Bertz CT molecular complexity index is 477. The number of nitro groups is 1. The summed E-state index contributed by atoms with van der Waals surface area (Å²) in [4.78, 5) is 12.7. The number of likely N-dealkylation sites (N-methyl/N-ethyl adjacent to an activating group) is 1. The lowest BCUT2D eigenvalue weighted by Gasteiger charge is -2.29. The highest BCUT2D eigenvalue weighted by Crippen LogP contribution is 2.32. The lowest BCUT2D eigenvalue weighted by atomic mass is 10.1. The molecule has 0 aliphatic carbocycles. The summed E-state index contributed by atoms with van der Waals surface area (Å²) in [6.45, 7) is 10.4. The zero-order valence-corrected chi connectivity index (χ0v) is 12.9. The molecule has 20 heavy (non-hydrogen) atoms. The summed E-state index contributed by atoms with van der Waals surface area (Å²) in [5, 5.41) is 25.6. The molecule has 0 radical (unpaired) electrons. The van der Waals surface area contributed by atoms with Gasteiger partial charge in [-0.05, 0) is 34.1 Å². The minimum atomic E-state index is -0.931. The largest absolute Gasteiger partial charge is 0.389 e. The van der Waals surface area contributed by atoms with Crippen LogP contribution in [0.1, 0.15) is 39.8 Å². The van der Waals surface area contributed by atoms with Gasteiger partial charge < -0.3 is 10.0 Å². The highest BCUT2D eigenvalue weighted by molar-refractivity contribution is 5.61. The average molecular weight is 284 g/mol. The standard InChI is InChI=1S/C13H24N4O3/c1-6-8-16-12(11(17(19)20)10(3)14-16)15(7-2)9-13(4,5)18/h18H,6-9H2,1-5H3. The van der Waals surface area contributed by atoms with Gasteiger partial charge in [0.1, 0.15) is 5.69 Å². The molecule has 7 heteroatoms. The Labute approximate surface area is 119 Å². The van der Waals surface area contributed by atoms with Crippen molar-refractivity contribution < 1.29 is 10.0 Å². The Balaban J connectivity index is 3.33. The van der Waals surface area contributed by atoms with E-state index in [1.54, 1.807) is 25.5 Å². The molecule has 0 fully saturated rings. The molecule has 0 aromatic carbocycles. The lowest BCUT2D eigenvalue weighted by Crippen LogP contribution is -2.40. The molecule has 0 aliphatic rings. The first-order chi connectivity index (χ1) is 9.21. The fourth-order valence-corrected chi connectivity index (χ4v) is 2.26. The van der Waals surface area contributed by atoms with Crippen molar-refractivity contribution in [1.29, 1.82) is 0 Å². The van der Waals surface area contributed by atoms with Gasteiger partial charge in [0.15, 0.2) is 0 Å². The molecule has 0 saturated heterocycles. The van der Waals surface area contributed by atoms with Crippen molar-refractivity contribution in [3.8, 4) is 0 Å². The number of hydrogen-bond donors (Lipinski definition) is 1. The second kappa shape index (κ2) is 6.21. The minimum absolute atomic E-state index is 0.0320. The smallest absolute Gasteiger partial charge is 0.333 e. The van der Waals surface area contributed by atoms with Crippen LogP contribution in [0.15, 0.2) is 0 Å². The summed E-state index contributed by atoms with van der Waals surface area (Å²) in [5.41, 5.74) is -0.490. The van der Waals surface area contributed by atoms with Gasteiger partial charge in [0.05, 0.1) is 10.5 Å². The zero-order valence-electron chi connectivity index (χ0n) is 12.9. The summed E-state index contributed by atoms with van der Waals surface area (Å²) < 4.78 is 1.67. The van der Waals surface area contributed by atoms with Crippen molar-refractivity contribution in [2.75, 3.05) is 18.0 Å². The van der Waals surface area contributed by atoms with E-state index in [1.165, 1.54) is 0 Å². The van der Waals surface area contributed by atoms with E-state index in [0.29, 0.717) is 31.1 Å². The molecule has 7 nitrogen and oxygen atoms in total. The molecule has 1 aromatic heterocycles. The van der Waals surface area contributed by atoms with Crippen LogP contribution in [0.3, 0.4) is 0 Å². The van der Waals surface area contributed by atoms with E-state index in [4.69, 9.17) is 0 Å². The quantitative estimate of drug-likeness (QED) is 0.612. The maximum atomic E-state index is 11.3. The van der Waals surface area contributed by atoms with Gasteiger partial charge in [-0.15, -0.1) is 0 Å². The van der Waals surface area contributed by atoms with Crippen LogP contribution in [0.2, 0.25) is 0 Å². The number of aromatic nitrogens is 2. The predicted octanol–water partition coefficient (Wildman–Crippen LogP) is 2.11. The monoisotopic (exact) mass is 284 g/mol. The van der Waals surface area contributed by atoms with Gasteiger partial charge in [-0.25, -0.2) is 4.68 Å². The van der Waals surface area contributed by atoms with Crippen molar-refractivity contribution in [2.45, 2.75) is 53.2 Å². The summed E-state index contributed by atoms with van der Waals surface area (Å²) >= 11 is 0. The maximum absolute atomic E-state index is 11.3. The highest BCUT2D eigenvalue weighted by Gasteiger charge is 2.31. The van der Waals surface area contributed by atoms with E-state index in [0.717, 1.165) is 6.42 Å². The molecule has 0 amide bonds. The van der Waals surface area contributed by atoms with Gasteiger partial charge in [0.2, 0.25) is 5.82 Å². The summed E-state index contributed by atoms with van der Waals surface area (Å²) in [7, 11) is 0. The number of hydrogen-bond acceptors (Lipinski definition) is 5. The molecule has 0 spiro atoms. The van der Waals surface area contributed by atoms with Crippen LogP contribution in [0.25, 0.3) is 0 Å². The average Bonchev–Trinajstić information content (AvgIpc) is 2.62. The first kappa shape index (κ1) is 16.4. The molecule has 1 aromatic rings. The van der Waals surface area contributed by atoms with Crippen LogP contribution < -0.4 is 4.90 Å². The van der Waals surface area contributed by atoms with Crippen molar-refractivity contribution in [1.82, 2.24) is 9.78 Å². The van der Waals surface area contributed by atoms with E-state index in [2.05, 4.69) is 5.10 Å². The van der Waals surface area contributed by atoms with Crippen LogP contribution in [0.4, 0.5) is 11.5 Å². The normalized spacial score (nSPS) is 11.7. The number of aliphatic hydroxyl groups is 1. The zero-order chi connectivity index (χ0) is 15.5. The molecule has 0 bridgehead atoms. The number of anilines is 1. The SMILES string of the molecule is CCCn1nc(C)c([N+](=O)[O-])c1N(CC)CC(C)(C)O. The van der Waals surface area contributed by atoms with Gasteiger partial charge >= 0.3 is 5.69 Å². The van der Waals surface area contributed by atoms with E-state index < -0.39 is 10.5 Å². The minimum Gasteiger partial charge on any atom is -0.389 e. The fourth-order valence-electron chi connectivity index (χ4n) is 2.26. The molecular weight excluding hydrogens is 260 g/mol. The summed E-state index contributed by atoms with van der Waals surface area (Å²) in [6, 6.07) is 0. The Morgan fingerprint density at radius 1 is 1.45 bits per heavy atom. The number of nitrogens with zero attached hydrogens (tertiary/aromatic N) is 4. The fraction of sp³-hybridized carbons (Fsp3) is 0.769. The van der Waals surface area contributed by atoms with E-state index >= 15 is 0 Å². The van der Waals surface area contributed by atoms with Gasteiger partial charge in [-0.1, -0.05) is 6.92 Å². The van der Waals surface area contributed by atoms with Gasteiger partial charge in [-0.3, -0.25) is 10.1 Å². The number of aryl methyl sites for hydroxylation is 2. The van der Waals surface area contributed by atoms with Gasteiger partial charge in [0.25, 0.3) is 0 Å². The Morgan fingerprint density at radius 3 is 2.45 bits per heavy atom. The highest BCUT2D eigenvalue weighted by atomic mass is 16.6. The third-order valence-electron chi connectivity index (χ3n) is 2.95. The molecule has 114 valence electrons. The van der Waals surface area contributed by atoms with E-state index in [9.17, 15) is 15.2 Å². The first-order valence-corrected chi connectivity index (χ1v) is 6.90. The van der Waals surface area contributed by atoms with Crippen LogP contribution in [0.5, 0.6) is 0 Å². The summed E-state index contributed by atoms with van der Waals surface area (Å²) in [6.07, 6.45) is 0.839. The Hall–Kier alpha value is -1.63. The van der Waals surface area contributed by atoms with E-state index in [-0.39, 0.29) is 5.69 Å². The second-order valence-corrected chi connectivity index (χ2v) is 5.56. The lowest BCUT2D eigenvalue weighted by molar-refractivity contribution is -0.384. The molecule has 0 unspecified atom stereocenters. The van der Waals surface area contributed by atoms with Crippen LogP contribution in [-0.2, 0) is 6.54 Å². The molecule has 0 atom stereocenters. The molecule has 1 rings (SSSR count). The van der Waals surface area contributed by atoms with Crippen molar-refractivity contribution in [2.24, 2.45) is 0 Å². The number of rotatable bonds is 7. The van der Waals surface area contributed by atoms with Crippen LogP contribution in [-0.4, -0.2) is 38.5 Å². The van der Waals surface area contributed by atoms with Gasteiger partial charge in [0, 0.05) is 19.6 Å². The topological polar surface area (TPSA) is 84.4 Å². The molecule has 1 heterocycles. The van der Waals surface area contributed by atoms with Crippen LogP contribution >= 0.6 is 0 Å².